The van der Waals surface area contributed by atoms with Gasteiger partial charge >= 0.3 is 24.1 Å². The molecule has 0 saturated carbocycles. The van der Waals surface area contributed by atoms with Gasteiger partial charge in [0.15, 0.2) is 10.7 Å². The molecule has 6 unspecified atom stereocenters. The molecule has 20 heteroatoms. The van der Waals surface area contributed by atoms with Crippen LogP contribution >= 0.6 is 23.5 Å². The second-order valence-electron chi connectivity index (χ2n) is 14.6. The van der Waals surface area contributed by atoms with Gasteiger partial charge in [0.2, 0.25) is 0 Å². The summed E-state index contributed by atoms with van der Waals surface area (Å²) in [6, 6.07) is -4.38. The number of esters is 2. The van der Waals surface area contributed by atoms with Crippen molar-refractivity contribution in [2.24, 2.45) is 0 Å². The van der Waals surface area contributed by atoms with Gasteiger partial charge in [-0.25, -0.2) is 19.2 Å². The molecular formula is C32H48N6O12S2. The van der Waals surface area contributed by atoms with E-state index in [1.54, 1.807) is 55.4 Å². The molecule has 0 aliphatic carbocycles. The molecule has 0 radical (unpaired) electrons. The van der Waals surface area contributed by atoms with Crippen LogP contribution in [0.4, 0.5) is 9.59 Å². The van der Waals surface area contributed by atoms with Crippen LogP contribution in [0, 0.1) is 0 Å². The highest BCUT2D eigenvalue weighted by Gasteiger charge is 2.51. The maximum atomic E-state index is 13.9. The number of thioether (sulfide) groups is 2. The molecule has 6 atom stereocenters. The van der Waals surface area contributed by atoms with Crippen LogP contribution in [0.25, 0.3) is 0 Å². The van der Waals surface area contributed by atoms with E-state index in [2.05, 4.69) is 10.6 Å². The minimum absolute atomic E-state index is 0.393. The van der Waals surface area contributed by atoms with Gasteiger partial charge in [0.25, 0.3) is 23.6 Å². The number of rotatable bonds is 9. The molecule has 290 valence electrons. The molecule has 0 spiro atoms. The molecule has 0 aromatic carbocycles. The van der Waals surface area contributed by atoms with E-state index < -0.39 is 120 Å². The lowest BCUT2D eigenvalue weighted by molar-refractivity contribution is -0.168. The lowest BCUT2D eigenvalue weighted by Crippen LogP contribution is -2.70. The zero-order chi connectivity index (χ0) is 38.7. The Hall–Kier alpha value is -3.30. The summed E-state index contributed by atoms with van der Waals surface area (Å²) in [4.78, 5) is 110. The fourth-order valence-corrected chi connectivity index (χ4v) is 7.69. The Kier molecular flexibility index (Phi) is 13.4. The van der Waals surface area contributed by atoms with Crippen molar-refractivity contribution in [2.75, 3.05) is 50.9 Å². The van der Waals surface area contributed by atoms with Crippen molar-refractivity contribution < 1.29 is 57.3 Å². The van der Waals surface area contributed by atoms with Crippen molar-refractivity contribution in [1.29, 1.82) is 0 Å². The Balaban J connectivity index is 1.62. The minimum Gasteiger partial charge on any atom is -0.462 e. The number of carbonyl (C=O) groups excluding carboxylic acids is 8. The molecule has 6 amide bonds. The summed E-state index contributed by atoms with van der Waals surface area (Å²) < 4.78 is 21.7. The molecule has 4 heterocycles. The Morgan fingerprint density at radius 1 is 0.673 bits per heavy atom. The summed E-state index contributed by atoms with van der Waals surface area (Å²) in [6.45, 7) is 11.8. The van der Waals surface area contributed by atoms with E-state index in [1.165, 1.54) is 33.3 Å². The third-order valence-electron chi connectivity index (χ3n) is 8.47. The third-order valence-corrected chi connectivity index (χ3v) is 10.7. The summed E-state index contributed by atoms with van der Waals surface area (Å²) in [7, 11) is 0. The average Bonchev–Trinajstić information content (AvgIpc) is 3.76. The third kappa shape index (κ3) is 10.0. The SMILES string of the molecule is CC(C(C)N1CC(=O)N(C(=O)OC(C)(C)C)C(=O)C1COC(=O)C1NCCS1)N1CC(=O)N(C(=O)OC(C)(C)C)C(=O)C1COC(=O)C1NCCS1. The van der Waals surface area contributed by atoms with E-state index >= 15 is 0 Å². The molecule has 52 heavy (non-hydrogen) atoms. The smallest absolute Gasteiger partial charge is 0.424 e. The molecular weight excluding hydrogens is 725 g/mol. The van der Waals surface area contributed by atoms with Crippen molar-refractivity contribution >= 4 is 71.3 Å². The highest BCUT2D eigenvalue weighted by molar-refractivity contribution is 8.01. The van der Waals surface area contributed by atoms with Gasteiger partial charge in [0, 0.05) is 36.7 Å². The Labute approximate surface area is 310 Å². The Morgan fingerprint density at radius 3 is 1.31 bits per heavy atom. The van der Waals surface area contributed by atoms with Gasteiger partial charge in [0.1, 0.15) is 36.5 Å². The molecule has 4 saturated heterocycles. The first kappa shape index (κ1) is 41.5. The van der Waals surface area contributed by atoms with Crippen LogP contribution in [0.3, 0.4) is 0 Å². The number of hydrogen-bond donors (Lipinski definition) is 2. The highest BCUT2D eigenvalue weighted by atomic mass is 32.2. The topological polar surface area (TPSA) is 210 Å². The number of nitrogens with one attached hydrogen (secondary N) is 2. The summed E-state index contributed by atoms with van der Waals surface area (Å²) in [5.41, 5.74) is -2.06. The lowest BCUT2D eigenvalue weighted by Gasteiger charge is -2.47. The minimum atomic E-state index is -1.35. The van der Waals surface area contributed by atoms with E-state index in [-0.39, 0.29) is 0 Å². The standard InChI is InChI=1S/C32H48N6O12S2/c1-17(35-13-21(39)37(29(45)49-31(3,4)5)25(41)19(35)15-47-27(43)23-33-9-11-51-23)18(2)36-14-22(40)38(30(46)50-32(6,7)8)26(42)20(36)16-48-28(44)24-34-10-12-52-24/h17-20,23-24,33-34H,9-16H2,1-8H3. The molecule has 2 N–H and O–H groups in total. The fraction of sp³-hybridized carbons (Fsp3) is 0.750. The van der Waals surface area contributed by atoms with Gasteiger partial charge < -0.3 is 18.9 Å². The van der Waals surface area contributed by atoms with Crippen LogP contribution in [0.2, 0.25) is 0 Å². The van der Waals surface area contributed by atoms with Crippen LogP contribution in [-0.4, -0.2) is 164 Å². The predicted octanol–water partition coefficient (Wildman–Crippen LogP) is 0.124. The number of hydrogen-bond acceptors (Lipinski definition) is 18. The molecule has 4 fully saturated rings. The lowest BCUT2D eigenvalue weighted by atomic mass is 9.99. The fourth-order valence-electron chi connectivity index (χ4n) is 5.87. The molecule has 4 rings (SSSR count). The second kappa shape index (κ2) is 16.8. The van der Waals surface area contributed by atoms with Crippen LogP contribution in [0.5, 0.6) is 0 Å². The summed E-state index contributed by atoms with van der Waals surface area (Å²) >= 11 is 2.66. The van der Waals surface area contributed by atoms with E-state index in [0.29, 0.717) is 34.4 Å². The number of carbonyl (C=O) groups is 8. The number of nitrogens with zero attached hydrogens (tertiary/aromatic N) is 4. The van der Waals surface area contributed by atoms with Crippen LogP contribution in [-0.2, 0) is 47.7 Å². The first-order valence-electron chi connectivity index (χ1n) is 16.9. The van der Waals surface area contributed by atoms with Gasteiger partial charge in [-0.1, -0.05) is 0 Å². The molecule has 4 aliphatic heterocycles. The van der Waals surface area contributed by atoms with E-state index in [9.17, 15) is 38.4 Å². The molecule has 0 bridgehead atoms. The largest absolute Gasteiger partial charge is 0.462 e. The van der Waals surface area contributed by atoms with E-state index in [4.69, 9.17) is 18.9 Å². The van der Waals surface area contributed by atoms with Crippen molar-refractivity contribution in [3.05, 3.63) is 0 Å². The van der Waals surface area contributed by atoms with E-state index in [0.717, 1.165) is 0 Å². The van der Waals surface area contributed by atoms with Crippen LogP contribution in [0.15, 0.2) is 0 Å². The Morgan fingerprint density at radius 2 is 1.02 bits per heavy atom. The monoisotopic (exact) mass is 772 g/mol. The number of amides is 6. The molecule has 18 nitrogen and oxygen atoms in total. The van der Waals surface area contributed by atoms with Gasteiger partial charge in [-0.3, -0.25) is 39.6 Å². The van der Waals surface area contributed by atoms with E-state index in [1.807, 2.05) is 0 Å². The normalized spacial score (nSPS) is 26.3. The first-order chi connectivity index (χ1) is 24.2. The molecule has 0 aromatic heterocycles. The maximum absolute atomic E-state index is 13.9. The number of ether oxygens (including phenoxy) is 4. The summed E-state index contributed by atoms with van der Waals surface area (Å²) in [6.07, 6.45) is -2.36. The van der Waals surface area contributed by atoms with Crippen LogP contribution in [0.1, 0.15) is 55.4 Å². The quantitative estimate of drug-likeness (QED) is 0.181. The first-order valence-corrected chi connectivity index (χ1v) is 19.0. The number of piperazine rings is 2. The van der Waals surface area contributed by atoms with Crippen molar-refractivity contribution in [2.45, 2.75) is 102 Å². The Bertz CT molecular complexity index is 1330. The van der Waals surface area contributed by atoms with Crippen LogP contribution < -0.4 is 10.6 Å². The van der Waals surface area contributed by atoms with Crippen molar-refractivity contribution in [3.8, 4) is 0 Å². The molecule has 0 aromatic rings. The van der Waals surface area contributed by atoms with Gasteiger partial charge in [-0.15, -0.1) is 23.5 Å². The van der Waals surface area contributed by atoms with Crippen molar-refractivity contribution in [1.82, 2.24) is 30.2 Å². The second-order valence-corrected chi connectivity index (χ2v) is 17.0. The zero-order valence-electron chi connectivity index (χ0n) is 30.6. The van der Waals surface area contributed by atoms with Gasteiger partial charge in [-0.2, -0.15) is 9.80 Å². The zero-order valence-corrected chi connectivity index (χ0v) is 32.3. The summed E-state index contributed by atoms with van der Waals surface area (Å²) in [5, 5.41) is 4.65. The maximum Gasteiger partial charge on any atom is 0.424 e. The molecule has 4 aliphatic rings. The predicted molar refractivity (Wildman–Crippen MR) is 187 cm³/mol. The summed E-state index contributed by atoms with van der Waals surface area (Å²) in [5.74, 6) is -3.70. The number of imide groups is 6. The van der Waals surface area contributed by atoms with Gasteiger partial charge in [0.05, 0.1) is 13.1 Å². The van der Waals surface area contributed by atoms with Crippen molar-refractivity contribution in [3.63, 3.8) is 0 Å². The average molecular weight is 773 g/mol. The van der Waals surface area contributed by atoms with Gasteiger partial charge in [-0.05, 0) is 55.4 Å². The highest BCUT2D eigenvalue weighted by Crippen LogP contribution is 2.27.